The Morgan fingerprint density at radius 3 is 2.72 bits per heavy atom. The third kappa shape index (κ3) is 5.40. The summed E-state index contributed by atoms with van der Waals surface area (Å²) in [7, 11) is 1.73. The number of hydrogen-bond acceptors (Lipinski definition) is 5. The van der Waals surface area contributed by atoms with Crippen LogP contribution in [0.4, 0.5) is 10.2 Å². The SMILES string of the molecule is C=CC[C@H](CC[C@@H](C)NC=O)Nc1nc(-c2cnn(C)c2)c(C(N)=O)c(C)c1F. The lowest BCUT2D eigenvalue weighted by atomic mass is 10.0. The predicted octanol–water partition coefficient (Wildman–Crippen LogP) is 2.30. The zero-order chi connectivity index (χ0) is 21.6. The molecule has 0 radical (unpaired) electrons. The van der Waals surface area contributed by atoms with Gasteiger partial charge in [0.25, 0.3) is 5.91 Å². The zero-order valence-corrected chi connectivity index (χ0v) is 16.9. The van der Waals surface area contributed by atoms with Gasteiger partial charge in [0.05, 0.1) is 17.5 Å². The third-order valence-electron chi connectivity index (χ3n) is 4.69. The minimum absolute atomic E-state index is 0.00986. The second-order valence-electron chi connectivity index (χ2n) is 7.02. The number of primary amides is 1. The summed E-state index contributed by atoms with van der Waals surface area (Å²) in [5.74, 6) is -1.34. The maximum atomic E-state index is 15.0. The first-order valence-electron chi connectivity index (χ1n) is 9.34. The number of carbonyl (C=O) groups is 2. The molecule has 2 aromatic rings. The molecule has 2 aromatic heterocycles. The van der Waals surface area contributed by atoms with Crippen LogP contribution in [0.1, 0.15) is 42.1 Å². The normalized spacial score (nSPS) is 12.8. The number of nitrogens with zero attached hydrogens (tertiary/aromatic N) is 3. The van der Waals surface area contributed by atoms with E-state index in [1.165, 1.54) is 6.92 Å². The summed E-state index contributed by atoms with van der Waals surface area (Å²) in [4.78, 5) is 26.9. The zero-order valence-electron chi connectivity index (χ0n) is 16.9. The molecule has 2 heterocycles. The van der Waals surface area contributed by atoms with Gasteiger partial charge < -0.3 is 16.4 Å². The van der Waals surface area contributed by atoms with Crippen molar-refractivity contribution >= 4 is 18.1 Å². The van der Waals surface area contributed by atoms with Crippen molar-refractivity contribution in [2.45, 2.75) is 45.2 Å². The molecule has 156 valence electrons. The van der Waals surface area contributed by atoms with Crippen LogP contribution in [0.2, 0.25) is 0 Å². The van der Waals surface area contributed by atoms with Crippen LogP contribution in [0.15, 0.2) is 25.0 Å². The highest BCUT2D eigenvalue weighted by Crippen LogP contribution is 2.30. The Balaban J connectivity index is 2.40. The summed E-state index contributed by atoms with van der Waals surface area (Å²) >= 11 is 0. The van der Waals surface area contributed by atoms with Crippen molar-refractivity contribution in [3.8, 4) is 11.3 Å². The first kappa shape index (κ1) is 22.1. The van der Waals surface area contributed by atoms with E-state index in [2.05, 4.69) is 27.3 Å². The van der Waals surface area contributed by atoms with Gasteiger partial charge >= 0.3 is 0 Å². The van der Waals surface area contributed by atoms with Crippen LogP contribution in [0.25, 0.3) is 11.3 Å². The van der Waals surface area contributed by atoms with Crippen molar-refractivity contribution in [2.24, 2.45) is 12.8 Å². The average molecular weight is 402 g/mol. The van der Waals surface area contributed by atoms with Gasteiger partial charge in [0, 0.05) is 36.5 Å². The third-order valence-corrected chi connectivity index (χ3v) is 4.69. The molecule has 0 fully saturated rings. The molecule has 0 unspecified atom stereocenters. The van der Waals surface area contributed by atoms with Crippen molar-refractivity contribution in [3.05, 3.63) is 42.0 Å². The second-order valence-corrected chi connectivity index (χ2v) is 7.02. The van der Waals surface area contributed by atoms with E-state index in [-0.39, 0.29) is 34.7 Å². The summed E-state index contributed by atoms with van der Waals surface area (Å²) in [6.45, 7) is 7.15. The number of nitrogens with two attached hydrogens (primary N) is 1. The first-order valence-corrected chi connectivity index (χ1v) is 9.34. The lowest BCUT2D eigenvalue weighted by Gasteiger charge is -2.22. The van der Waals surface area contributed by atoms with Crippen LogP contribution in [0, 0.1) is 12.7 Å². The standard InChI is InChI=1S/C20H27FN6O2/c1-5-6-15(8-7-12(2)23-11-28)25-20-17(21)13(3)16(19(22)29)18(26-20)14-9-24-27(4)10-14/h5,9-12,15H,1,6-8H2,2-4H3,(H2,22,29)(H,23,28)(H,25,26)/t12-,15-/m1/s1. The van der Waals surface area contributed by atoms with E-state index < -0.39 is 11.7 Å². The van der Waals surface area contributed by atoms with Gasteiger partial charge in [-0.25, -0.2) is 9.37 Å². The summed E-state index contributed by atoms with van der Waals surface area (Å²) in [6.07, 6.45) is 7.56. The number of nitrogens with one attached hydrogen (secondary N) is 2. The molecule has 0 aliphatic carbocycles. The summed E-state index contributed by atoms with van der Waals surface area (Å²) < 4.78 is 16.6. The molecule has 0 saturated carbocycles. The predicted molar refractivity (Wildman–Crippen MR) is 110 cm³/mol. The first-order chi connectivity index (χ1) is 13.8. The topological polar surface area (TPSA) is 115 Å². The van der Waals surface area contributed by atoms with E-state index in [4.69, 9.17) is 5.73 Å². The molecule has 4 N–H and O–H groups in total. The summed E-state index contributed by atoms with van der Waals surface area (Å²) in [5.41, 5.74) is 6.50. The Morgan fingerprint density at radius 1 is 1.45 bits per heavy atom. The monoisotopic (exact) mass is 402 g/mol. The number of aryl methyl sites for hydroxylation is 1. The molecule has 29 heavy (non-hydrogen) atoms. The number of amides is 2. The lowest BCUT2D eigenvalue weighted by Crippen LogP contribution is -2.28. The molecular weight excluding hydrogens is 375 g/mol. The maximum absolute atomic E-state index is 15.0. The van der Waals surface area contributed by atoms with Crippen molar-refractivity contribution in [1.29, 1.82) is 0 Å². The molecule has 2 atom stereocenters. The van der Waals surface area contributed by atoms with E-state index in [0.29, 0.717) is 31.2 Å². The van der Waals surface area contributed by atoms with Gasteiger partial charge in [0.2, 0.25) is 6.41 Å². The highest BCUT2D eigenvalue weighted by molar-refractivity contribution is 6.00. The van der Waals surface area contributed by atoms with Crippen molar-refractivity contribution in [3.63, 3.8) is 0 Å². The molecule has 0 spiro atoms. The largest absolute Gasteiger partial charge is 0.366 e. The number of rotatable bonds is 11. The minimum Gasteiger partial charge on any atom is -0.366 e. The fraction of sp³-hybridized carbons (Fsp3) is 0.400. The Bertz CT molecular complexity index is 895. The fourth-order valence-corrected chi connectivity index (χ4v) is 3.13. The highest BCUT2D eigenvalue weighted by Gasteiger charge is 2.23. The number of hydrogen-bond donors (Lipinski definition) is 3. The number of pyridine rings is 1. The number of anilines is 1. The Morgan fingerprint density at radius 2 is 2.17 bits per heavy atom. The van der Waals surface area contributed by atoms with E-state index in [0.717, 1.165) is 0 Å². The number of carbonyl (C=O) groups excluding carboxylic acids is 2. The van der Waals surface area contributed by atoms with Crippen LogP contribution in [0.3, 0.4) is 0 Å². The maximum Gasteiger partial charge on any atom is 0.251 e. The number of aromatic nitrogens is 3. The molecule has 0 bridgehead atoms. The van der Waals surface area contributed by atoms with Crippen LogP contribution >= 0.6 is 0 Å². The smallest absolute Gasteiger partial charge is 0.251 e. The van der Waals surface area contributed by atoms with Gasteiger partial charge in [0.1, 0.15) is 0 Å². The van der Waals surface area contributed by atoms with Crippen molar-refractivity contribution in [2.75, 3.05) is 5.32 Å². The van der Waals surface area contributed by atoms with Gasteiger partial charge in [-0.05, 0) is 33.1 Å². The van der Waals surface area contributed by atoms with E-state index in [1.807, 2.05) is 6.92 Å². The number of halogens is 1. The molecular formula is C20H27FN6O2. The summed E-state index contributed by atoms with van der Waals surface area (Å²) in [5, 5.41) is 9.91. The Kier molecular flexibility index (Phi) is 7.46. The average Bonchev–Trinajstić information content (AvgIpc) is 3.09. The van der Waals surface area contributed by atoms with Gasteiger partial charge in [0.15, 0.2) is 11.6 Å². The lowest BCUT2D eigenvalue weighted by molar-refractivity contribution is -0.110. The quantitative estimate of drug-likeness (QED) is 0.394. The van der Waals surface area contributed by atoms with Crippen molar-refractivity contribution < 1.29 is 14.0 Å². The molecule has 0 aliphatic heterocycles. The van der Waals surface area contributed by atoms with Crippen LogP contribution in [-0.4, -0.2) is 39.2 Å². The van der Waals surface area contributed by atoms with Crippen LogP contribution in [0.5, 0.6) is 0 Å². The molecule has 8 nitrogen and oxygen atoms in total. The van der Waals surface area contributed by atoms with Gasteiger partial charge in [-0.2, -0.15) is 5.10 Å². The molecule has 0 saturated heterocycles. The Hall–Kier alpha value is -3.23. The molecule has 2 rings (SSSR count). The molecule has 2 amide bonds. The molecule has 0 aliphatic rings. The fourth-order valence-electron chi connectivity index (χ4n) is 3.13. The minimum atomic E-state index is -0.754. The van der Waals surface area contributed by atoms with Crippen LogP contribution < -0.4 is 16.4 Å². The summed E-state index contributed by atoms with van der Waals surface area (Å²) in [6, 6.07) is -0.157. The van der Waals surface area contributed by atoms with Crippen LogP contribution in [-0.2, 0) is 11.8 Å². The molecule has 0 aromatic carbocycles. The molecule has 9 heteroatoms. The van der Waals surface area contributed by atoms with Gasteiger partial charge in [-0.1, -0.05) is 6.08 Å². The van der Waals surface area contributed by atoms with Gasteiger partial charge in [-0.15, -0.1) is 6.58 Å². The van der Waals surface area contributed by atoms with Crippen molar-refractivity contribution in [1.82, 2.24) is 20.1 Å². The second kappa shape index (κ2) is 9.81. The van der Waals surface area contributed by atoms with E-state index >= 15 is 4.39 Å². The van der Waals surface area contributed by atoms with E-state index in [1.54, 1.807) is 30.2 Å². The van der Waals surface area contributed by atoms with Gasteiger partial charge in [-0.3, -0.25) is 14.3 Å². The Labute approximate surface area is 169 Å². The van der Waals surface area contributed by atoms with E-state index in [9.17, 15) is 9.59 Å². The highest BCUT2D eigenvalue weighted by atomic mass is 19.1.